The van der Waals surface area contributed by atoms with Gasteiger partial charge in [0.25, 0.3) is 0 Å². The average Bonchev–Trinajstić information content (AvgIpc) is 2.72. The Morgan fingerprint density at radius 3 is 2.76 bits per heavy atom. The van der Waals surface area contributed by atoms with Gasteiger partial charge in [0, 0.05) is 19.3 Å². The van der Waals surface area contributed by atoms with Crippen LogP contribution < -0.4 is 0 Å². The lowest BCUT2D eigenvalue weighted by molar-refractivity contribution is 0.339. The van der Waals surface area contributed by atoms with E-state index in [9.17, 15) is 0 Å². The second-order valence-electron chi connectivity index (χ2n) is 5.51. The highest BCUT2D eigenvalue weighted by Crippen LogP contribution is 2.31. The Bertz CT molecular complexity index is 665. The topological polar surface area (TPSA) is 52.7 Å². The van der Waals surface area contributed by atoms with Gasteiger partial charge in [0.05, 0.1) is 11.6 Å². The maximum atomic E-state index is 4.81. The van der Waals surface area contributed by atoms with Gasteiger partial charge in [-0.1, -0.05) is 18.2 Å². The zero-order valence-electron chi connectivity index (χ0n) is 11.8. The first-order valence-corrected chi connectivity index (χ1v) is 7.49. The van der Waals surface area contributed by atoms with E-state index in [1.54, 1.807) is 6.34 Å². The summed E-state index contributed by atoms with van der Waals surface area (Å²) in [5.41, 5.74) is 2.11. The van der Waals surface area contributed by atoms with Crippen LogP contribution in [0.4, 0.5) is 5.69 Å². The van der Waals surface area contributed by atoms with Crippen molar-refractivity contribution >= 4 is 30.0 Å². The normalized spacial score (nSPS) is 23.8. The molecule has 106 valence electrons. The van der Waals surface area contributed by atoms with Crippen LogP contribution in [0, 0.1) is 0 Å². The van der Waals surface area contributed by atoms with Crippen LogP contribution in [0.1, 0.15) is 30.7 Å². The van der Waals surface area contributed by atoms with Crippen LogP contribution in [0.3, 0.4) is 0 Å². The van der Waals surface area contributed by atoms with Gasteiger partial charge in [-0.2, -0.15) is 4.99 Å². The Labute approximate surface area is 123 Å². The molecule has 3 aliphatic rings. The standard InChI is InChI=1S/C16H17N5/c1-4-8-21(9-5-1)16-19-14-7-3-2-6-12(14)13-10-17-11-18-15(13)20-16/h2-3,6-7,10-11,13H,1,4-5,8-9H2. The van der Waals surface area contributed by atoms with Gasteiger partial charge in [0.2, 0.25) is 5.96 Å². The first-order chi connectivity index (χ1) is 10.4. The smallest absolute Gasteiger partial charge is 0.227 e. The molecular weight excluding hydrogens is 262 g/mol. The molecule has 3 aliphatic heterocycles. The van der Waals surface area contributed by atoms with Crippen molar-refractivity contribution in [3.63, 3.8) is 0 Å². The fourth-order valence-electron chi connectivity index (χ4n) is 3.00. The van der Waals surface area contributed by atoms with Crippen LogP contribution in [0.2, 0.25) is 0 Å². The molecule has 1 aromatic rings. The minimum Gasteiger partial charge on any atom is -0.341 e. The summed E-state index contributed by atoms with van der Waals surface area (Å²) in [6.45, 7) is 2.06. The van der Waals surface area contributed by atoms with Crippen LogP contribution in [0.15, 0.2) is 44.2 Å². The molecule has 1 fully saturated rings. The Hall–Kier alpha value is -2.30. The van der Waals surface area contributed by atoms with Gasteiger partial charge >= 0.3 is 0 Å². The third kappa shape index (κ3) is 2.28. The number of likely N-dealkylation sites (tertiary alicyclic amines) is 1. The predicted molar refractivity (Wildman–Crippen MR) is 86.1 cm³/mol. The van der Waals surface area contributed by atoms with Gasteiger partial charge < -0.3 is 4.90 Å². The van der Waals surface area contributed by atoms with E-state index in [0.717, 1.165) is 36.1 Å². The molecule has 1 atom stereocenters. The van der Waals surface area contributed by atoms with Crippen LogP contribution >= 0.6 is 0 Å². The summed E-state index contributed by atoms with van der Waals surface area (Å²) in [4.78, 5) is 20.4. The van der Waals surface area contributed by atoms with E-state index in [-0.39, 0.29) is 5.92 Å². The summed E-state index contributed by atoms with van der Waals surface area (Å²) >= 11 is 0. The molecule has 0 bridgehead atoms. The van der Waals surface area contributed by atoms with E-state index >= 15 is 0 Å². The van der Waals surface area contributed by atoms with Crippen molar-refractivity contribution in [3.8, 4) is 0 Å². The fraction of sp³-hybridized carbons (Fsp3) is 0.375. The number of nitrogens with zero attached hydrogens (tertiary/aromatic N) is 5. The number of hydrogen-bond donors (Lipinski definition) is 0. The van der Waals surface area contributed by atoms with Gasteiger partial charge in [0.1, 0.15) is 12.2 Å². The molecule has 4 rings (SSSR count). The quantitative estimate of drug-likeness (QED) is 0.720. The van der Waals surface area contributed by atoms with Gasteiger partial charge in [-0.15, -0.1) is 0 Å². The minimum absolute atomic E-state index is 0.0113. The molecule has 0 radical (unpaired) electrons. The molecule has 21 heavy (non-hydrogen) atoms. The summed E-state index contributed by atoms with van der Waals surface area (Å²) < 4.78 is 0. The fourth-order valence-corrected chi connectivity index (χ4v) is 3.00. The van der Waals surface area contributed by atoms with Crippen molar-refractivity contribution in [2.24, 2.45) is 20.0 Å². The molecule has 1 saturated heterocycles. The van der Waals surface area contributed by atoms with E-state index in [1.165, 1.54) is 19.3 Å². The van der Waals surface area contributed by atoms with E-state index in [4.69, 9.17) is 9.98 Å². The van der Waals surface area contributed by atoms with E-state index in [0.29, 0.717) is 0 Å². The summed E-state index contributed by atoms with van der Waals surface area (Å²) in [5.74, 6) is 1.60. The number of amidine groups is 1. The number of hydrogen-bond acceptors (Lipinski definition) is 5. The van der Waals surface area contributed by atoms with Crippen molar-refractivity contribution in [1.29, 1.82) is 0 Å². The summed E-state index contributed by atoms with van der Waals surface area (Å²) in [5, 5.41) is 0. The molecule has 3 heterocycles. The van der Waals surface area contributed by atoms with Crippen molar-refractivity contribution in [2.75, 3.05) is 13.1 Å². The predicted octanol–water partition coefficient (Wildman–Crippen LogP) is 2.77. The zero-order valence-corrected chi connectivity index (χ0v) is 11.8. The van der Waals surface area contributed by atoms with Crippen LogP contribution in [0.5, 0.6) is 0 Å². The Balaban J connectivity index is 1.82. The maximum absolute atomic E-state index is 4.81. The van der Waals surface area contributed by atoms with Crippen LogP contribution in [-0.2, 0) is 0 Å². The largest absolute Gasteiger partial charge is 0.341 e. The highest BCUT2D eigenvalue weighted by molar-refractivity contribution is 6.15. The maximum Gasteiger partial charge on any atom is 0.227 e. The van der Waals surface area contributed by atoms with Gasteiger partial charge in [-0.05, 0) is 30.9 Å². The highest BCUT2D eigenvalue weighted by Gasteiger charge is 2.26. The van der Waals surface area contributed by atoms with Gasteiger partial charge in [-0.25, -0.2) is 15.0 Å². The molecule has 0 aromatic heterocycles. The Morgan fingerprint density at radius 2 is 1.86 bits per heavy atom. The number of piperidine rings is 1. The number of rotatable bonds is 0. The molecule has 0 amide bonds. The van der Waals surface area contributed by atoms with Crippen LogP contribution in [-0.4, -0.2) is 42.3 Å². The number of aliphatic imine (C=N–C) groups is 4. The zero-order chi connectivity index (χ0) is 14.1. The van der Waals surface area contributed by atoms with Gasteiger partial charge in [0.15, 0.2) is 0 Å². The first kappa shape index (κ1) is 12.4. The molecule has 0 saturated carbocycles. The average molecular weight is 279 g/mol. The van der Waals surface area contributed by atoms with E-state index in [2.05, 4.69) is 21.0 Å². The lowest BCUT2D eigenvalue weighted by Gasteiger charge is -2.27. The Morgan fingerprint density at radius 1 is 1.00 bits per heavy atom. The highest BCUT2D eigenvalue weighted by atomic mass is 15.3. The number of fused-ring (bicyclic) bond motifs is 3. The monoisotopic (exact) mass is 279 g/mol. The molecule has 5 nitrogen and oxygen atoms in total. The summed E-state index contributed by atoms with van der Waals surface area (Å²) in [6.07, 6.45) is 7.18. The number of para-hydroxylation sites is 1. The molecular formula is C16H17N5. The Kier molecular flexibility index (Phi) is 3.10. The van der Waals surface area contributed by atoms with E-state index < -0.39 is 0 Å². The van der Waals surface area contributed by atoms with Crippen molar-refractivity contribution in [1.82, 2.24) is 4.90 Å². The SMILES string of the molecule is C1=NC=NC2=NC(N3CCCCC3)=Nc3ccccc3C12. The van der Waals surface area contributed by atoms with Crippen LogP contribution in [0.25, 0.3) is 0 Å². The molecule has 0 spiro atoms. The third-order valence-electron chi connectivity index (χ3n) is 4.12. The second-order valence-corrected chi connectivity index (χ2v) is 5.51. The summed E-state index contributed by atoms with van der Waals surface area (Å²) in [6, 6.07) is 8.18. The molecule has 0 N–H and O–H groups in total. The summed E-state index contributed by atoms with van der Waals surface area (Å²) in [7, 11) is 0. The lowest BCUT2D eigenvalue weighted by Crippen LogP contribution is -2.35. The number of guanidine groups is 1. The van der Waals surface area contributed by atoms with E-state index in [1.807, 2.05) is 24.4 Å². The molecule has 5 heteroatoms. The first-order valence-electron chi connectivity index (χ1n) is 7.49. The van der Waals surface area contributed by atoms with Crippen molar-refractivity contribution < 1.29 is 0 Å². The molecule has 1 unspecified atom stereocenters. The van der Waals surface area contributed by atoms with Crippen molar-refractivity contribution in [2.45, 2.75) is 25.2 Å². The number of benzene rings is 1. The molecule has 1 aromatic carbocycles. The lowest BCUT2D eigenvalue weighted by atomic mass is 9.97. The second kappa shape index (κ2) is 5.24. The minimum atomic E-state index is 0.0113. The molecule has 0 aliphatic carbocycles. The third-order valence-corrected chi connectivity index (χ3v) is 4.12. The van der Waals surface area contributed by atoms with Gasteiger partial charge in [-0.3, -0.25) is 0 Å². The van der Waals surface area contributed by atoms with Crippen molar-refractivity contribution in [3.05, 3.63) is 29.8 Å².